The molecule has 0 aliphatic carbocycles. The maximum atomic E-state index is 12.1. The van der Waals surface area contributed by atoms with Crippen LogP contribution < -0.4 is 10.1 Å². The van der Waals surface area contributed by atoms with Crippen LogP contribution in [0.2, 0.25) is 0 Å². The molecule has 0 atom stereocenters. The van der Waals surface area contributed by atoms with Gasteiger partial charge in [-0.05, 0) is 17.7 Å². The van der Waals surface area contributed by atoms with Crippen LogP contribution in [0.5, 0.6) is 5.75 Å². The summed E-state index contributed by atoms with van der Waals surface area (Å²) in [5.74, 6) is 0.393. The van der Waals surface area contributed by atoms with Crippen LogP contribution in [0.1, 0.15) is 17.5 Å². The van der Waals surface area contributed by atoms with Gasteiger partial charge in [-0.2, -0.15) is 4.31 Å². The first-order valence-electron chi connectivity index (χ1n) is 8.13. The Morgan fingerprint density at radius 1 is 1.23 bits per heavy atom. The number of benzene rings is 1. The zero-order chi connectivity index (χ0) is 19.0. The Hall–Kier alpha value is -2.45. The summed E-state index contributed by atoms with van der Waals surface area (Å²) in [5, 5.41) is 2.77. The van der Waals surface area contributed by atoms with Crippen LogP contribution >= 0.6 is 0 Å². The second kappa shape index (κ2) is 9.30. The van der Waals surface area contributed by atoms with E-state index in [0.29, 0.717) is 12.3 Å². The van der Waals surface area contributed by atoms with Gasteiger partial charge in [0.25, 0.3) is 0 Å². The van der Waals surface area contributed by atoms with E-state index in [1.807, 2.05) is 18.2 Å². The quantitative estimate of drug-likeness (QED) is 0.716. The Kier molecular flexibility index (Phi) is 7.11. The zero-order valence-electron chi connectivity index (χ0n) is 14.9. The minimum atomic E-state index is -3.46. The van der Waals surface area contributed by atoms with Crippen LogP contribution in [0.15, 0.2) is 48.8 Å². The molecule has 0 bridgehead atoms. The van der Waals surface area contributed by atoms with Gasteiger partial charge in [0.05, 0.1) is 13.4 Å². The summed E-state index contributed by atoms with van der Waals surface area (Å²) in [6.07, 6.45) is 4.54. The highest BCUT2D eigenvalue weighted by molar-refractivity contribution is 7.88. The summed E-state index contributed by atoms with van der Waals surface area (Å²) in [7, 11) is -1.93. The molecule has 0 spiro atoms. The molecule has 0 saturated carbocycles. The monoisotopic (exact) mass is 377 g/mol. The third kappa shape index (κ3) is 6.12. The molecule has 1 heterocycles. The van der Waals surface area contributed by atoms with Gasteiger partial charge in [-0.3, -0.25) is 9.78 Å². The number of ether oxygens (including phenoxy) is 1. The standard InChI is InChI=1S/C18H23N3O4S/c1-25-17-8-4-3-7-16(17)14-21(26(2,23)24)11-9-18(22)20-13-15-6-5-10-19-12-15/h3-8,10,12H,9,11,13-14H2,1-2H3,(H,20,22). The van der Waals surface area contributed by atoms with Gasteiger partial charge < -0.3 is 10.1 Å². The molecule has 0 aliphatic rings. The molecule has 2 aromatic rings. The average Bonchev–Trinajstić information content (AvgIpc) is 2.63. The van der Waals surface area contributed by atoms with Crippen molar-refractivity contribution in [2.45, 2.75) is 19.5 Å². The maximum Gasteiger partial charge on any atom is 0.221 e. The fourth-order valence-electron chi connectivity index (χ4n) is 2.40. The predicted octanol–water partition coefficient (Wildman–Crippen LogP) is 1.56. The smallest absolute Gasteiger partial charge is 0.221 e. The topological polar surface area (TPSA) is 88.6 Å². The van der Waals surface area contributed by atoms with E-state index >= 15 is 0 Å². The Morgan fingerprint density at radius 2 is 2.00 bits per heavy atom. The van der Waals surface area contributed by atoms with Gasteiger partial charge in [-0.1, -0.05) is 24.3 Å². The van der Waals surface area contributed by atoms with Crippen molar-refractivity contribution in [3.63, 3.8) is 0 Å². The minimum absolute atomic E-state index is 0.0719. The average molecular weight is 377 g/mol. The van der Waals surface area contributed by atoms with Crippen LogP contribution in [0.4, 0.5) is 0 Å². The van der Waals surface area contributed by atoms with Gasteiger partial charge >= 0.3 is 0 Å². The Balaban J connectivity index is 1.95. The van der Waals surface area contributed by atoms with Gasteiger partial charge in [0, 0.05) is 44.0 Å². The molecule has 2 rings (SSSR count). The van der Waals surface area contributed by atoms with E-state index in [-0.39, 0.29) is 25.4 Å². The lowest BCUT2D eigenvalue weighted by Crippen LogP contribution is -2.34. The summed E-state index contributed by atoms with van der Waals surface area (Å²) in [4.78, 5) is 16.0. The van der Waals surface area contributed by atoms with Crippen molar-refractivity contribution in [3.8, 4) is 5.75 Å². The summed E-state index contributed by atoms with van der Waals surface area (Å²) >= 11 is 0. The normalized spacial score (nSPS) is 11.3. The van der Waals surface area contributed by atoms with Crippen molar-refractivity contribution in [1.82, 2.24) is 14.6 Å². The number of nitrogens with one attached hydrogen (secondary N) is 1. The van der Waals surface area contributed by atoms with Crippen LogP contribution in [0, 0.1) is 0 Å². The molecule has 1 N–H and O–H groups in total. The molecule has 140 valence electrons. The van der Waals surface area contributed by atoms with Crippen molar-refractivity contribution in [2.24, 2.45) is 0 Å². The molecular formula is C18H23N3O4S. The molecule has 0 unspecified atom stereocenters. The molecule has 8 heteroatoms. The second-order valence-corrected chi connectivity index (χ2v) is 7.78. The summed E-state index contributed by atoms with van der Waals surface area (Å²) < 4.78 is 30.7. The first kappa shape index (κ1) is 19.9. The number of hydrogen-bond donors (Lipinski definition) is 1. The van der Waals surface area contributed by atoms with E-state index in [1.54, 1.807) is 30.6 Å². The molecule has 0 aliphatic heterocycles. The minimum Gasteiger partial charge on any atom is -0.496 e. The number of aromatic nitrogens is 1. The molecule has 1 aromatic heterocycles. The first-order chi connectivity index (χ1) is 12.4. The molecule has 7 nitrogen and oxygen atoms in total. The van der Waals surface area contributed by atoms with E-state index in [1.165, 1.54) is 11.4 Å². The highest BCUT2D eigenvalue weighted by atomic mass is 32.2. The van der Waals surface area contributed by atoms with E-state index in [0.717, 1.165) is 17.4 Å². The fraction of sp³-hybridized carbons (Fsp3) is 0.333. The van der Waals surface area contributed by atoms with E-state index in [4.69, 9.17) is 4.74 Å². The van der Waals surface area contributed by atoms with Gasteiger partial charge in [-0.15, -0.1) is 0 Å². The van der Waals surface area contributed by atoms with Gasteiger partial charge in [-0.25, -0.2) is 8.42 Å². The third-order valence-electron chi connectivity index (χ3n) is 3.81. The largest absolute Gasteiger partial charge is 0.496 e. The number of rotatable bonds is 9. The number of para-hydroxylation sites is 1. The molecule has 0 saturated heterocycles. The Bertz CT molecular complexity index is 825. The molecular weight excluding hydrogens is 354 g/mol. The Morgan fingerprint density at radius 3 is 2.65 bits per heavy atom. The van der Waals surface area contributed by atoms with E-state index < -0.39 is 10.0 Å². The molecule has 1 amide bonds. The van der Waals surface area contributed by atoms with Crippen molar-refractivity contribution >= 4 is 15.9 Å². The lowest BCUT2D eigenvalue weighted by molar-refractivity contribution is -0.121. The number of sulfonamides is 1. The summed E-state index contributed by atoms with van der Waals surface area (Å²) in [6.45, 7) is 0.604. The number of hydrogen-bond acceptors (Lipinski definition) is 5. The predicted molar refractivity (Wildman–Crippen MR) is 98.9 cm³/mol. The van der Waals surface area contributed by atoms with Crippen LogP contribution in [0.25, 0.3) is 0 Å². The SMILES string of the molecule is COc1ccccc1CN(CCC(=O)NCc1cccnc1)S(C)(=O)=O. The number of methoxy groups -OCH3 is 1. The lowest BCUT2D eigenvalue weighted by Gasteiger charge is -2.21. The van der Waals surface area contributed by atoms with Gasteiger partial charge in [0.2, 0.25) is 15.9 Å². The number of pyridine rings is 1. The van der Waals surface area contributed by atoms with Crippen molar-refractivity contribution in [1.29, 1.82) is 0 Å². The zero-order valence-corrected chi connectivity index (χ0v) is 15.7. The number of carbonyl (C=O) groups is 1. The highest BCUT2D eigenvalue weighted by Crippen LogP contribution is 2.20. The van der Waals surface area contributed by atoms with Crippen molar-refractivity contribution in [2.75, 3.05) is 19.9 Å². The summed E-state index contributed by atoms with van der Waals surface area (Å²) in [6, 6.07) is 10.9. The summed E-state index contributed by atoms with van der Waals surface area (Å²) in [5.41, 5.74) is 1.63. The molecule has 26 heavy (non-hydrogen) atoms. The van der Waals surface area contributed by atoms with Crippen molar-refractivity contribution in [3.05, 3.63) is 59.9 Å². The van der Waals surface area contributed by atoms with E-state index in [9.17, 15) is 13.2 Å². The van der Waals surface area contributed by atoms with Gasteiger partial charge in [0.1, 0.15) is 5.75 Å². The second-order valence-electron chi connectivity index (χ2n) is 5.80. The van der Waals surface area contributed by atoms with Crippen molar-refractivity contribution < 1.29 is 17.9 Å². The third-order valence-corrected chi connectivity index (χ3v) is 5.06. The number of carbonyl (C=O) groups excluding carboxylic acids is 1. The molecule has 0 radical (unpaired) electrons. The van der Waals surface area contributed by atoms with Gasteiger partial charge in [0.15, 0.2) is 0 Å². The molecule has 1 aromatic carbocycles. The highest BCUT2D eigenvalue weighted by Gasteiger charge is 2.19. The fourth-order valence-corrected chi connectivity index (χ4v) is 3.20. The maximum absolute atomic E-state index is 12.1. The van der Waals surface area contributed by atoms with E-state index in [2.05, 4.69) is 10.3 Å². The lowest BCUT2D eigenvalue weighted by atomic mass is 10.2. The number of amides is 1. The molecule has 0 fully saturated rings. The van der Waals surface area contributed by atoms with Crippen LogP contribution in [-0.2, 0) is 27.9 Å². The van der Waals surface area contributed by atoms with Crippen LogP contribution in [-0.4, -0.2) is 43.5 Å². The Labute approximate surface area is 154 Å². The first-order valence-corrected chi connectivity index (χ1v) is 9.97. The van der Waals surface area contributed by atoms with Crippen LogP contribution in [0.3, 0.4) is 0 Å². The number of nitrogens with zero attached hydrogens (tertiary/aromatic N) is 2.